The van der Waals surface area contributed by atoms with E-state index in [0.29, 0.717) is 0 Å². The lowest BCUT2D eigenvalue weighted by Gasteiger charge is -2.31. The first-order chi connectivity index (χ1) is 8.69. The van der Waals surface area contributed by atoms with E-state index in [0.717, 1.165) is 49.3 Å². The summed E-state index contributed by atoms with van der Waals surface area (Å²) in [6.07, 6.45) is 0.973. The molecule has 4 heteroatoms. The minimum absolute atomic E-state index is 0.775. The number of hydrogen-bond acceptors (Lipinski definition) is 3. The molecular formula is C14H21ClN2O. The summed E-state index contributed by atoms with van der Waals surface area (Å²) in [5.41, 5.74) is 1.18. The van der Waals surface area contributed by atoms with Gasteiger partial charge in [-0.2, -0.15) is 0 Å². The molecule has 3 nitrogen and oxygen atoms in total. The van der Waals surface area contributed by atoms with Crippen LogP contribution in [0.3, 0.4) is 0 Å². The predicted molar refractivity (Wildman–Crippen MR) is 75.6 cm³/mol. The standard InChI is InChI=1S/C14H21ClN2O/c1-17(10-11-8-16-9-11)6-5-12-7-13(15)3-4-14(12)18-2/h3-4,7,11,16H,5-6,8-10H2,1-2H3. The van der Waals surface area contributed by atoms with Crippen LogP contribution in [0.4, 0.5) is 0 Å². The van der Waals surface area contributed by atoms with Gasteiger partial charge in [-0.1, -0.05) is 11.6 Å². The molecule has 0 bridgehead atoms. The number of likely N-dealkylation sites (N-methyl/N-ethyl adjacent to an activating group) is 1. The van der Waals surface area contributed by atoms with Gasteiger partial charge in [-0.3, -0.25) is 0 Å². The smallest absolute Gasteiger partial charge is 0.122 e. The lowest BCUT2D eigenvalue weighted by Crippen LogP contribution is -2.47. The summed E-state index contributed by atoms with van der Waals surface area (Å²) in [5.74, 6) is 1.74. The molecule has 0 unspecified atom stereocenters. The lowest BCUT2D eigenvalue weighted by molar-refractivity contribution is 0.225. The molecule has 0 atom stereocenters. The molecule has 2 rings (SSSR count). The zero-order valence-corrected chi connectivity index (χ0v) is 11.8. The minimum atomic E-state index is 0.775. The van der Waals surface area contributed by atoms with Crippen molar-refractivity contribution in [2.24, 2.45) is 5.92 Å². The largest absolute Gasteiger partial charge is 0.496 e. The van der Waals surface area contributed by atoms with Crippen molar-refractivity contribution in [1.29, 1.82) is 0 Å². The molecule has 0 radical (unpaired) electrons. The van der Waals surface area contributed by atoms with Gasteiger partial charge in [-0.05, 0) is 43.1 Å². The highest BCUT2D eigenvalue weighted by Crippen LogP contribution is 2.23. The fourth-order valence-corrected chi connectivity index (χ4v) is 2.46. The first-order valence-electron chi connectivity index (χ1n) is 6.40. The predicted octanol–water partition coefficient (Wildman–Crippen LogP) is 2.04. The highest BCUT2D eigenvalue weighted by molar-refractivity contribution is 6.30. The Labute approximate surface area is 114 Å². The Hall–Kier alpha value is -0.770. The van der Waals surface area contributed by atoms with Gasteiger partial charge in [0.15, 0.2) is 0 Å². The molecule has 1 saturated heterocycles. The summed E-state index contributed by atoms with van der Waals surface area (Å²) >= 11 is 6.03. The van der Waals surface area contributed by atoms with Crippen molar-refractivity contribution in [2.75, 3.05) is 40.3 Å². The summed E-state index contributed by atoms with van der Waals surface area (Å²) in [7, 11) is 3.88. The Kier molecular flexibility index (Phi) is 4.87. The van der Waals surface area contributed by atoms with E-state index in [2.05, 4.69) is 17.3 Å². The number of rotatable bonds is 6. The molecule has 0 amide bonds. The van der Waals surface area contributed by atoms with Crippen LogP contribution in [-0.4, -0.2) is 45.2 Å². The number of benzene rings is 1. The highest BCUT2D eigenvalue weighted by Gasteiger charge is 2.18. The first-order valence-corrected chi connectivity index (χ1v) is 6.78. The molecule has 1 aliphatic heterocycles. The van der Waals surface area contributed by atoms with E-state index in [9.17, 15) is 0 Å². The van der Waals surface area contributed by atoms with E-state index < -0.39 is 0 Å². The second-order valence-corrected chi connectivity index (χ2v) is 5.43. The van der Waals surface area contributed by atoms with Gasteiger partial charge in [0.2, 0.25) is 0 Å². The minimum Gasteiger partial charge on any atom is -0.496 e. The van der Waals surface area contributed by atoms with Crippen LogP contribution in [0, 0.1) is 5.92 Å². The first kappa shape index (κ1) is 13.7. The SMILES string of the molecule is COc1ccc(Cl)cc1CCN(C)CC1CNC1. The molecule has 18 heavy (non-hydrogen) atoms. The van der Waals surface area contributed by atoms with Gasteiger partial charge in [0.1, 0.15) is 5.75 Å². The summed E-state index contributed by atoms with van der Waals surface area (Å²) < 4.78 is 5.36. The maximum absolute atomic E-state index is 6.03. The van der Waals surface area contributed by atoms with Crippen LogP contribution >= 0.6 is 11.6 Å². The van der Waals surface area contributed by atoms with Gasteiger partial charge in [-0.15, -0.1) is 0 Å². The van der Waals surface area contributed by atoms with Gasteiger partial charge in [0.25, 0.3) is 0 Å². The van der Waals surface area contributed by atoms with Crippen molar-refractivity contribution in [3.8, 4) is 5.75 Å². The molecular weight excluding hydrogens is 248 g/mol. The van der Waals surface area contributed by atoms with Crippen LogP contribution in [0.25, 0.3) is 0 Å². The van der Waals surface area contributed by atoms with Crippen LogP contribution in [0.5, 0.6) is 5.75 Å². The third kappa shape index (κ3) is 3.61. The van der Waals surface area contributed by atoms with E-state index in [1.807, 2.05) is 18.2 Å². The van der Waals surface area contributed by atoms with Gasteiger partial charge in [0, 0.05) is 31.2 Å². The Balaban J connectivity index is 1.86. The molecule has 1 N–H and O–H groups in total. The number of nitrogens with one attached hydrogen (secondary N) is 1. The highest BCUT2D eigenvalue weighted by atomic mass is 35.5. The normalized spacial score (nSPS) is 15.8. The molecule has 1 heterocycles. The second-order valence-electron chi connectivity index (χ2n) is 4.99. The molecule has 0 spiro atoms. The lowest BCUT2D eigenvalue weighted by atomic mass is 10.0. The van der Waals surface area contributed by atoms with Crippen molar-refractivity contribution < 1.29 is 4.74 Å². The molecule has 0 aliphatic carbocycles. The number of ether oxygens (including phenoxy) is 1. The van der Waals surface area contributed by atoms with Crippen LogP contribution in [0.1, 0.15) is 5.56 Å². The van der Waals surface area contributed by atoms with Gasteiger partial charge < -0.3 is 15.0 Å². The Bertz CT molecular complexity index is 393. The van der Waals surface area contributed by atoms with E-state index in [4.69, 9.17) is 16.3 Å². The maximum atomic E-state index is 6.03. The quantitative estimate of drug-likeness (QED) is 0.855. The van der Waals surface area contributed by atoms with Crippen LogP contribution < -0.4 is 10.1 Å². The van der Waals surface area contributed by atoms with Crippen molar-refractivity contribution in [3.05, 3.63) is 28.8 Å². The topological polar surface area (TPSA) is 24.5 Å². The third-order valence-corrected chi connectivity index (χ3v) is 3.68. The number of nitrogens with zero attached hydrogens (tertiary/aromatic N) is 1. The zero-order valence-electron chi connectivity index (χ0n) is 11.1. The molecule has 1 aromatic carbocycles. The summed E-state index contributed by atoms with van der Waals surface area (Å²) in [5, 5.41) is 4.08. The fourth-order valence-electron chi connectivity index (χ4n) is 2.26. The van der Waals surface area contributed by atoms with E-state index in [1.54, 1.807) is 7.11 Å². The number of methoxy groups -OCH3 is 1. The molecule has 0 saturated carbocycles. The molecule has 1 fully saturated rings. The summed E-state index contributed by atoms with van der Waals surface area (Å²) in [6.45, 7) is 4.51. The van der Waals surface area contributed by atoms with Gasteiger partial charge >= 0.3 is 0 Å². The maximum Gasteiger partial charge on any atom is 0.122 e. The van der Waals surface area contributed by atoms with Gasteiger partial charge in [0.05, 0.1) is 7.11 Å². The average Bonchev–Trinajstić information content (AvgIpc) is 2.31. The van der Waals surface area contributed by atoms with Crippen molar-refractivity contribution >= 4 is 11.6 Å². The molecule has 0 aromatic heterocycles. The fraction of sp³-hybridized carbons (Fsp3) is 0.571. The third-order valence-electron chi connectivity index (χ3n) is 3.44. The van der Waals surface area contributed by atoms with E-state index in [-0.39, 0.29) is 0 Å². The van der Waals surface area contributed by atoms with Crippen molar-refractivity contribution in [3.63, 3.8) is 0 Å². The van der Waals surface area contributed by atoms with Crippen molar-refractivity contribution in [2.45, 2.75) is 6.42 Å². The van der Waals surface area contributed by atoms with Crippen LogP contribution in [-0.2, 0) is 6.42 Å². The van der Waals surface area contributed by atoms with Gasteiger partial charge in [-0.25, -0.2) is 0 Å². The monoisotopic (exact) mass is 268 g/mol. The average molecular weight is 269 g/mol. The molecule has 100 valence electrons. The van der Waals surface area contributed by atoms with Crippen LogP contribution in [0.2, 0.25) is 5.02 Å². The zero-order chi connectivity index (χ0) is 13.0. The Morgan fingerprint density at radius 2 is 2.22 bits per heavy atom. The summed E-state index contributed by atoms with van der Waals surface area (Å²) in [4.78, 5) is 2.38. The number of hydrogen-bond donors (Lipinski definition) is 1. The van der Waals surface area contributed by atoms with E-state index >= 15 is 0 Å². The Morgan fingerprint density at radius 1 is 1.44 bits per heavy atom. The molecule has 1 aromatic rings. The van der Waals surface area contributed by atoms with E-state index in [1.165, 1.54) is 5.56 Å². The molecule has 1 aliphatic rings. The number of halogens is 1. The Morgan fingerprint density at radius 3 is 2.83 bits per heavy atom. The van der Waals surface area contributed by atoms with Crippen molar-refractivity contribution in [1.82, 2.24) is 10.2 Å². The van der Waals surface area contributed by atoms with Crippen LogP contribution in [0.15, 0.2) is 18.2 Å². The summed E-state index contributed by atoms with van der Waals surface area (Å²) in [6, 6.07) is 5.81. The second kappa shape index (κ2) is 6.41.